The van der Waals surface area contributed by atoms with Gasteiger partial charge in [0.1, 0.15) is 0 Å². The normalized spacial score (nSPS) is 17.3. The molecule has 0 aliphatic carbocycles. The largest absolute Gasteiger partial charge is 0.494 e. The molecule has 5 rings (SSSR count). The molecule has 3 N–H and O–H groups in total. The minimum absolute atomic E-state index is 0.112. The number of aromatic nitrogens is 1. The summed E-state index contributed by atoms with van der Waals surface area (Å²) in [7, 11) is -3.74. The standard InChI is InChI=1S/C21H21N5O3S/c27-21-14(13-19-23-15-5-1-2-6-16(15)24-19)20-17(25-21)7-3-8-18(20)30(28,29)26-11-4-9-22-10-12-26/h1-3,5-8,13,22,25,27H,4,9-12H2. The summed E-state index contributed by atoms with van der Waals surface area (Å²) in [4.78, 5) is 12.0. The van der Waals surface area contributed by atoms with Crippen molar-refractivity contribution in [2.24, 2.45) is 9.98 Å². The maximum absolute atomic E-state index is 13.5. The summed E-state index contributed by atoms with van der Waals surface area (Å²) in [5.41, 5.74) is 0.913. The van der Waals surface area contributed by atoms with Crippen molar-refractivity contribution in [3.8, 4) is 5.88 Å². The molecule has 0 bridgehead atoms. The first-order valence-corrected chi connectivity index (χ1v) is 11.3. The average Bonchev–Trinajstić information content (AvgIpc) is 3.14. The molecule has 2 aromatic carbocycles. The Kier molecular flexibility index (Phi) is 4.65. The van der Waals surface area contributed by atoms with Crippen molar-refractivity contribution in [1.82, 2.24) is 14.6 Å². The van der Waals surface area contributed by atoms with Gasteiger partial charge in [0.2, 0.25) is 10.0 Å². The van der Waals surface area contributed by atoms with E-state index in [2.05, 4.69) is 20.3 Å². The van der Waals surface area contributed by atoms with Gasteiger partial charge in [-0.3, -0.25) is 0 Å². The molecule has 9 heteroatoms. The second-order valence-electron chi connectivity index (χ2n) is 7.29. The molecule has 3 heterocycles. The number of H-pyrrole nitrogens is 1. The summed E-state index contributed by atoms with van der Waals surface area (Å²) in [6.45, 7) is 2.27. The van der Waals surface area contributed by atoms with E-state index in [9.17, 15) is 13.5 Å². The molecule has 0 unspecified atom stereocenters. The van der Waals surface area contributed by atoms with Crippen LogP contribution >= 0.6 is 0 Å². The van der Waals surface area contributed by atoms with Crippen LogP contribution in [0.25, 0.3) is 17.0 Å². The molecule has 0 atom stereocenters. The summed E-state index contributed by atoms with van der Waals surface area (Å²) in [5, 5.41) is 15.7. The van der Waals surface area contributed by atoms with Crippen LogP contribution < -0.4 is 16.0 Å². The number of sulfonamides is 1. The van der Waals surface area contributed by atoms with Crippen molar-refractivity contribution in [2.45, 2.75) is 11.3 Å². The van der Waals surface area contributed by atoms with Crippen molar-refractivity contribution in [2.75, 3.05) is 26.2 Å². The SMILES string of the molecule is O=S(=O)(c1cccc2[nH]c(O)c(C=C3N=c4ccccc4=N3)c12)N1CCCNCC1. The summed E-state index contributed by atoms with van der Waals surface area (Å²) in [5.74, 6) is 0.303. The van der Waals surface area contributed by atoms with Gasteiger partial charge >= 0.3 is 0 Å². The third-order valence-electron chi connectivity index (χ3n) is 5.35. The van der Waals surface area contributed by atoms with Gasteiger partial charge in [-0.2, -0.15) is 4.31 Å². The van der Waals surface area contributed by atoms with Crippen LogP contribution in [0.5, 0.6) is 5.88 Å². The van der Waals surface area contributed by atoms with Gasteiger partial charge in [0.25, 0.3) is 0 Å². The monoisotopic (exact) mass is 423 g/mol. The van der Waals surface area contributed by atoms with Gasteiger partial charge < -0.3 is 15.4 Å². The molecule has 1 fully saturated rings. The molecule has 0 amide bonds. The number of aromatic amines is 1. The topological polar surface area (TPSA) is 110 Å². The lowest BCUT2D eigenvalue weighted by Gasteiger charge is -2.20. The molecular weight excluding hydrogens is 402 g/mol. The Morgan fingerprint density at radius 3 is 2.53 bits per heavy atom. The number of fused-ring (bicyclic) bond motifs is 2. The van der Waals surface area contributed by atoms with E-state index in [-0.39, 0.29) is 10.8 Å². The highest BCUT2D eigenvalue weighted by Crippen LogP contribution is 2.35. The van der Waals surface area contributed by atoms with E-state index in [0.717, 1.165) is 23.7 Å². The lowest BCUT2D eigenvalue weighted by Crippen LogP contribution is -2.34. The lowest BCUT2D eigenvalue weighted by atomic mass is 10.1. The fourth-order valence-electron chi connectivity index (χ4n) is 3.90. The number of hydrogen-bond donors (Lipinski definition) is 3. The number of hydrogen-bond acceptors (Lipinski definition) is 6. The Hall–Kier alpha value is -3.01. The number of nitrogens with zero attached hydrogens (tertiary/aromatic N) is 3. The van der Waals surface area contributed by atoms with Crippen LogP contribution in [-0.4, -0.2) is 49.0 Å². The summed E-state index contributed by atoms with van der Waals surface area (Å²) in [6.07, 6.45) is 2.37. The van der Waals surface area contributed by atoms with E-state index in [1.54, 1.807) is 24.3 Å². The first-order chi connectivity index (χ1) is 14.5. The van der Waals surface area contributed by atoms with E-state index in [1.807, 2.05) is 24.3 Å². The van der Waals surface area contributed by atoms with Crippen LogP contribution in [0.2, 0.25) is 0 Å². The van der Waals surface area contributed by atoms with E-state index in [0.29, 0.717) is 41.9 Å². The van der Waals surface area contributed by atoms with Crippen LogP contribution in [-0.2, 0) is 10.0 Å². The molecule has 0 radical (unpaired) electrons. The maximum atomic E-state index is 13.5. The molecule has 8 nitrogen and oxygen atoms in total. The fraction of sp³-hybridized carbons (Fsp3) is 0.238. The van der Waals surface area contributed by atoms with Crippen LogP contribution in [0, 0.1) is 0 Å². The Labute approximate surface area is 173 Å². The van der Waals surface area contributed by atoms with Gasteiger partial charge in [-0.15, -0.1) is 0 Å². The minimum atomic E-state index is -3.74. The van der Waals surface area contributed by atoms with E-state index < -0.39 is 10.0 Å². The molecule has 2 aliphatic rings. The first kappa shape index (κ1) is 19.0. The smallest absolute Gasteiger partial charge is 0.243 e. The second kappa shape index (κ2) is 7.35. The Morgan fingerprint density at radius 1 is 1.00 bits per heavy atom. The molecule has 1 saturated heterocycles. The van der Waals surface area contributed by atoms with Gasteiger partial charge in [0.05, 0.1) is 21.1 Å². The van der Waals surface area contributed by atoms with Gasteiger partial charge in [-0.25, -0.2) is 18.4 Å². The minimum Gasteiger partial charge on any atom is -0.494 e. The lowest BCUT2D eigenvalue weighted by molar-refractivity contribution is 0.432. The van der Waals surface area contributed by atoms with Crippen molar-refractivity contribution in [3.63, 3.8) is 0 Å². The Balaban J connectivity index is 1.67. The van der Waals surface area contributed by atoms with Crippen LogP contribution in [0.4, 0.5) is 0 Å². The molecule has 30 heavy (non-hydrogen) atoms. The molecule has 2 aliphatic heterocycles. The number of aromatic hydroxyl groups is 1. The van der Waals surface area contributed by atoms with Crippen LogP contribution in [0.15, 0.2) is 63.2 Å². The maximum Gasteiger partial charge on any atom is 0.243 e. The van der Waals surface area contributed by atoms with Gasteiger partial charge in [0.15, 0.2) is 11.7 Å². The average molecular weight is 423 g/mol. The van der Waals surface area contributed by atoms with E-state index in [1.165, 1.54) is 4.31 Å². The van der Waals surface area contributed by atoms with Gasteiger partial charge in [-0.1, -0.05) is 18.2 Å². The predicted octanol–water partition coefficient (Wildman–Crippen LogP) is 1.11. The van der Waals surface area contributed by atoms with Gasteiger partial charge in [0, 0.05) is 30.6 Å². The van der Waals surface area contributed by atoms with Crippen molar-refractivity contribution in [3.05, 3.63) is 64.6 Å². The fourth-order valence-corrected chi connectivity index (χ4v) is 5.61. The molecule has 154 valence electrons. The van der Waals surface area contributed by atoms with E-state index in [4.69, 9.17) is 0 Å². The second-order valence-corrected chi connectivity index (χ2v) is 9.19. The predicted molar refractivity (Wildman–Crippen MR) is 113 cm³/mol. The van der Waals surface area contributed by atoms with Gasteiger partial charge in [-0.05, 0) is 43.3 Å². The summed E-state index contributed by atoms with van der Waals surface area (Å²) >= 11 is 0. The zero-order valence-electron chi connectivity index (χ0n) is 16.2. The van der Waals surface area contributed by atoms with Crippen molar-refractivity contribution in [1.29, 1.82) is 0 Å². The molecular formula is C21H21N5O3S. The highest BCUT2D eigenvalue weighted by Gasteiger charge is 2.29. The molecule has 0 spiro atoms. The highest BCUT2D eigenvalue weighted by molar-refractivity contribution is 7.89. The molecule has 0 saturated carbocycles. The van der Waals surface area contributed by atoms with Crippen molar-refractivity contribution < 1.29 is 13.5 Å². The molecule has 1 aromatic heterocycles. The summed E-state index contributed by atoms with van der Waals surface area (Å²) < 4.78 is 28.4. The number of benzene rings is 2. The zero-order chi connectivity index (χ0) is 20.7. The van der Waals surface area contributed by atoms with Crippen LogP contribution in [0.3, 0.4) is 0 Å². The quantitative estimate of drug-likeness (QED) is 0.586. The summed E-state index contributed by atoms with van der Waals surface area (Å²) in [6, 6.07) is 12.5. The first-order valence-electron chi connectivity index (χ1n) is 9.83. The third kappa shape index (κ3) is 3.20. The highest BCUT2D eigenvalue weighted by atomic mass is 32.2. The number of para-hydroxylation sites is 2. The number of rotatable bonds is 3. The Bertz CT molecular complexity index is 1350. The van der Waals surface area contributed by atoms with Crippen LogP contribution in [0.1, 0.15) is 12.0 Å². The third-order valence-corrected chi connectivity index (χ3v) is 7.29. The number of nitrogens with one attached hydrogen (secondary N) is 2. The van der Waals surface area contributed by atoms with Crippen molar-refractivity contribution >= 4 is 27.0 Å². The molecule has 3 aromatic rings. The van der Waals surface area contributed by atoms with E-state index >= 15 is 0 Å². The zero-order valence-corrected chi connectivity index (χ0v) is 17.0. The Morgan fingerprint density at radius 2 is 1.77 bits per heavy atom.